The van der Waals surface area contributed by atoms with Gasteiger partial charge in [0.2, 0.25) is 0 Å². The van der Waals surface area contributed by atoms with Gasteiger partial charge < -0.3 is 4.74 Å². The second kappa shape index (κ2) is 10.9. The molecule has 0 saturated carbocycles. The first-order valence-corrected chi connectivity index (χ1v) is 11.2. The van der Waals surface area contributed by atoms with E-state index in [1.807, 2.05) is 54.9 Å². The molecule has 2 heterocycles. The Morgan fingerprint density at radius 2 is 1.48 bits per heavy atom. The van der Waals surface area contributed by atoms with E-state index < -0.39 is 17.8 Å². The highest BCUT2D eigenvalue weighted by molar-refractivity contribution is 5.34. The fourth-order valence-electron chi connectivity index (χ4n) is 4.11. The lowest BCUT2D eigenvalue weighted by Gasteiger charge is -2.35. The summed E-state index contributed by atoms with van der Waals surface area (Å²) in [7, 11) is 0. The molecule has 1 aliphatic rings. The zero-order valence-electron chi connectivity index (χ0n) is 18.4. The zero-order valence-corrected chi connectivity index (χ0v) is 18.4. The van der Waals surface area contributed by atoms with Crippen LogP contribution in [0, 0.1) is 0 Å². The molecular weight excluding hydrogens is 427 g/mol. The van der Waals surface area contributed by atoms with Crippen LogP contribution in [-0.2, 0) is 17.5 Å². The summed E-state index contributed by atoms with van der Waals surface area (Å²) in [5, 5.41) is 0. The number of ether oxygens (including phenoxy) is 1. The Hall–Kier alpha value is -2.74. The van der Waals surface area contributed by atoms with Crippen molar-refractivity contribution in [3.8, 4) is 0 Å². The first-order valence-electron chi connectivity index (χ1n) is 11.2. The Balaban J connectivity index is 1.34. The number of aromatic nitrogens is 1. The second-order valence-electron chi connectivity index (χ2n) is 8.26. The summed E-state index contributed by atoms with van der Waals surface area (Å²) in [6, 6.07) is 18.9. The molecule has 7 heteroatoms. The number of alkyl halides is 3. The van der Waals surface area contributed by atoms with Gasteiger partial charge in [0, 0.05) is 51.7 Å². The van der Waals surface area contributed by atoms with E-state index in [1.165, 1.54) is 17.7 Å². The van der Waals surface area contributed by atoms with Crippen molar-refractivity contribution in [1.82, 2.24) is 14.8 Å². The van der Waals surface area contributed by atoms with Crippen molar-refractivity contribution in [1.29, 1.82) is 0 Å². The summed E-state index contributed by atoms with van der Waals surface area (Å²) < 4.78 is 45.9. The number of nitrogens with zero attached hydrogens (tertiary/aromatic N) is 3. The van der Waals surface area contributed by atoms with Crippen molar-refractivity contribution in [2.75, 3.05) is 39.3 Å². The lowest BCUT2D eigenvalue weighted by molar-refractivity contribution is -0.137. The predicted octanol–water partition coefficient (Wildman–Crippen LogP) is 5.02. The topological polar surface area (TPSA) is 28.6 Å². The van der Waals surface area contributed by atoms with E-state index in [4.69, 9.17) is 4.74 Å². The number of rotatable bonds is 8. The van der Waals surface area contributed by atoms with Crippen LogP contribution in [0.4, 0.5) is 13.2 Å². The monoisotopic (exact) mass is 455 g/mol. The number of halogens is 3. The second-order valence-corrected chi connectivity index (χ2v) is 8.26. The molecule has 0 bridgehead atoms. The van der Waals surface area contributed by atoms with Crippen LogP contribution >= 0.6 is 0 Å². The molecule has 4 nitrogen and oxygen atoms in total. The summed E-state index contributed by atoms with van der Waals surface area (Å²) in [4.78, 5) is 8.83. The third kappa shape index (κ3) is 6.63. The lowest BCUT2D eigenvalue weighted by Crippen LogP contribution is -2.46. The molecule has 1 unspecified atom stereocenters. The molecule has 0 aliphatic carbocycles. The molecule has 0 amide bonds. The molecule has 1 fully saturated rings. The van der Waals surface area contributed by atoms with E-state index in [9.17, 15) is 13.2 Å². The van der Waals surface area contributed by atoms with E-state index in [2.05, 4.69) is 14.8 Å². The Kier molecular flexibility index (Phi) is 7.75. The van der Waals surface area contributed by atoms with E-state index in [0.29, 0.717) is 12.2 Å². The first-order chi connectivity index (χ1) is 16.0. The molecule has 4 rings (SSSR count). The normalized spacial score (nSPS) is 16.6. The third-order valence-electron chi connectivity index (χ3n) is 5.93. The van der Waals surface area contributed by atoms with Crippen molar-refractivity contribution in [3.05, 3.63) is 101 Å². The average Bonchev–Trinajstić information content (AvgIpc) is 2.84. The van der Waals surface area contributed by atoms with Gasteiger partial charge in [0.15, 0.2) is 0 Å². The Labute approximate surface area is 192 Å². The number of piperazine rings is 1. The van der Waals surface area contributed by atoms with Crippen LogP contribution in [0.25, 0.3) is 0 Å². The Bertz CT molecular complexity index is 990. The maximum atomic E-state index is 13.2. The minimum Gasteiger partial charge on any atom is -0.367 e. The van der Waals surface area contributed by atoms with Crippen molar-refractivity contribution in [3.63, 3.8) is 0 Å². The molecule has 0 N–H and O–H groups in total. The minimum absolute atomic E-state index is 0.445. The zero-order chi connectivity index (χ0) is 23.1. The number of benzene rings is 2. The van der Waals surface area contributed by atoms with E-state index in [0.717, 1.165) is 50.9 Å². The van der Waals surface area contributed by atoms with Crippen LogP contribution in [-0.4, -0.2) is 54.1 Å². The maximum Gasteiger partial charge on any atom is 0.416 e. The minimum atomic E-state index is -4.38. The highest BCUT2D eigenvalue weighted by Gasteiger charge is 2.31. The fraction of sp³-hybridized carbons (Fsp3) is 0.346. The van der Waals surface area contributed by atoms with Gasteiger partial charge in [-0.2, -0.15) is 13.2 Å². The summed E-state index contributed by atoms with van der Waals surface area (Å²) >= 11 is 0. The Morgan fingerprint density at radius 3 is 2.18 bits per heavy atom. The largest absolute Gasteiger partial charge is 0.416 e. The third-order valence-corrected chi connectivity index (χ3v) is 5.93. The standard InChI is InChI=1S/C26H28F3N3O/c27-26(28,29)24-8-4-7-23(19-24)25(22-5-2-1-3-6-22)33-18-17-31-13-15-32(16-14-31)20-21-9-11-30-12-10-21/h1-12,19,25H,13-18,20H2. The van der Waals surface area contributed by atoms with Gasteiger partial charge in [-0.05, 0) is 41.0 Å². The number of hydrogen-bond acceptors (Lipinski definition) is 4. The quantitative estimate of drug-likeness (QED) is 0.477. The predicted molar refractivity (Wildman–Crippen MR) is 122 cm³/mol. The summed E-state index contributed by atoms with van der Waals surface area (Å²) in [6.07, 6.45) is -1.29. The molecule has 1 aliphatic heterocycles. The molecule has 2 aromatic carbocycles. The van der Waals surface area contributed by atoms with Gasteiger partial charge in [0.1, 0.15) is 6.10 Å². The SMILES string of the molecule is FC(F)(F)c1cccc(C(OCCN2CCN(Cc3ccncc3)CC2)c2ccccc2)c1. The molecule has 174 valence electrons. The van der Waals surface area contributed by atoms with E-state index >= 15 is 0 Å². The lowest BCUT2D eigenvalue weighted by atomic mass is 9.99. The summed E-state index contributed by atoms with van der Waals surface area (Å²) in [5.74, 6) is 0. The van der Waals surface area contributed by atoms with E-state index in [-0.39, 0.29) is 0 Å². The van der Waals surface area contributed by atoms with E-state index in [1.54, 1.807) is 6.07 Å². The number of hydrogen-bond donors (Lipinski definition) is 0. The van der Waals surface area contributed by atoms with Gasteiger partial charge in [0.05, 0.1) is 12.2 Å². The van der Waals surface area contributed by atoms with Crippen LogP contribution in [0.5, 0.6) is 0 Å². The fourth-order valence-corrected chi connectivity index (χ4v) is 4.11. The number of pyridine rings is 1. The molecule has 33 heavy (non-hydrogen) atoms. The van der Waals surface area contributed by atoms with Gasteiger partial charge in [0.25, 0.3) is 0 Å². The van der Waals surface area contributed by atoms with Gasteiger partial charge in [-0.25, -0.2) is 0 Å². The van der Waals surface area contributed by atoms with Gasteiger partial charge in [-0.15, -0.1) is 0 Å². The molecule has 0 radical (unpaired) electrons. The van der Waals surface area contributed by atoms with Gasteiger partial charge >= 0.3 is 6.18 Å². The van der Waals surface area contributed by atoms with Crippen LogP contribution in [0.1, 0.15) is 28.4 Å². The molecular formula is C26H28F3N3O. The Morgan fingerprint density at radius 1 is 0.818 bits per heavy atom. The summed E-state index contributed by atoms with van der Waals surface area (Å²) in [6.45, 7) is 5.92. The molecule has 1 atom stereocenters. The van der Waals surface area contributed by atoms with Crippen LogP contribution in [0.3, 0.4) is 0 Å². The smallest absolute Gasteiger partial charge is 0.367 e. The van der Waals surface area contributed by atoms with Crippen LogP contribution < -0.4 is 0 Å². The first kappa shape index (κ1) is 23.4. The summed E-state index contributed by atoms with van der Waals surface area (Å²) in [5.41, 5.74) is 1.96. The van der Waals surface area contributed by atoms with Crippen molar-refractivity contribution in [2.24, 2.45) is 0 Å². The van der Waals surface area contributed by atoms with Crippen molar-refractivity contribution in [2.45, 2.75) is 18.8 Å². The molecule has 1 saturated heterocycles. The van der Waals surface area contributed by atoms with Gasteiger partial charge in [-0.3, -0.25) is 14.8 Å². The van der Waals surface area contributed by atoms with Crippen LogP contribution in [0.2, 0.25) is 0 Å². The van der Waals surface area contributed by atoms with Crippen molar-refractivity contribution < 1.29 is 17.9 Å². The maximum absolute atomic E-state index is 13.2. The molecule has 3 aromatic rings. The van der Waals surface area contributed by atoms with Crippen molar-refractivity contribution >= 4 is 0 Å². The van der Waals surface area contributed by atoms with Gasteiger partial charge in [-0.1, -0.05) is 42.5 Å². The highest BCUT2D eigenvalue weighted by atomic mass is 19.4. The van der Waals surface area contributed by atoms with Crippen LogP contribution in [0.15, 0.2) is 79.1 Å². The average molecular weight is 456 g/mol. The molecule has 0 spiro atoms. The highest BCUT2D eigenvalue weighted by Crippen LogP contribution is 2.33. The molecule has 1 aromatic heterocycles.